The lowest BCUT2D eigenvalue weighted by atomic mass is 9.90. The van der Waals surface area contributed by atoms with E-state index >= 15 is 0 Å². The first-order valence-electron chi connectivity index (χ1n) is 5.07. The van der Waals surface area contributed by atoms with Gasteiger partial charge in [-0.25, -0.2) is 0 Å². The van der Waals surface area contributed by atoms with Crippen molar-refractivity contribution >= 4 is 0 Å². The maximum absolute atomic E-state index is 10.1. The number of hydrogen-bond donors (Lipinski definition) is 1. The van der Waals surface area contributed by atoms with Gasteiger partial charge in [0, 0.05) is 6.54 Å². The highest BCUT2D eigenvalue weighted by atomic mass is 16.3. The fraction of sp³-hybridized carbons (Fsp3) is 1.00. The highest BCUT2D eigenvalue weighted by Gasteiger charge is 2.27. The highest BCUT2D eigenvalue weighted by Crippen LogP contribution is 2.26. The second-order valence-electron chi connectivity index (χ2n) is 4.13. The highest BCUT2D eigenvalue weighted by molar-refractivity contribution is 4.82. The first kappa shape index (κ1) is 10.0. The van der Waals surface area contributed by atoms with Gasteiger partial charge in [-0.05, 0) is 39.3 Å². The zero-order valence-corrected chi connectivity index (χ0v) is 8.34. The second-order valence-corrected chi connectivity index (χ2v) is 4.13. The van der Waals surface area contributed by atoms with Crippen LogP contribution < -0.4 is 0 Å². The molecule has 0 bridgehead atoms. The van der Waals surface area contributed by atoms with Crippen LogP contribution in [-0.4, -0.2) is 35.7 Å². The monoisotopic (exact) mass is 171 g/mol. The molecule has 1 aliphatic rings. The number of aliphatic hydroxyl groups is 1. The summed E-state index contributed by atoms with van der Waals surface area (Å²) in [5.74, 6) is 0. The summed E-state index contributed by atoms with van der Waals surface area (Å²) < 4.78 is 0. The minimum atomic E-state index is -0.348. The Bertz CT molecular complexity index is 138. The number of rotatable bonds is 2. The zero-order chi connectivity index (χ0) is 9.03. The molecule has 0 aromatic heterocycles. The minimum absolute atomic E-state index is 0.348. The quantitative estimate of drug-likeness (QED) is 0.682. The van der Waals surface area contributed by atoms with Gasteiger partial charge in [0.2, 0.25) is 0 Å². The molecule has 12 heavy (non-hydrogen) atoms. The molecule has 1 saturated heterocycles. The van der Waals surface area contributed by atoms with Gasteiger partial charge in [-0.2, -0.15) is 0 Å². The van der Waals surface area contributed by atoms with Crippen molar-refractivity contribution < 1.29 is 5.11 Å². The molecule has 0 aliphatic carbocycles. The Morgan fingerprint density at radius 3 is 2.75 bits per heavy atom. The van der Waals surface area contributed by atoms with Crippen LogP contribution in [-0.2, 0) is 0 Å². The van der Waals surface area contributed by atoms with Crippen molar-refractivity contribution in [1.29, 1.82) is 0 Å². The van der Waals surface area contributed by atoms with Crippen molar-refractivity contribution in [1.82, 2.24) is 4.90 Å². The summed E-state index contributed by atoms with van der Waals surface area (Å²) in [6.07, 6.45) is 5.16. The first-order valence-corrected chi connectivity index (χ1v) is 5.07. The third-order valence-electron chi connectivity index (χ3n) is 2.86. The van der Waals surface area contributed by atoms with Crippen LogP contribution in [0.2, 0.25) is 0 Å². The van der Waals surface area contributed by atoms with E-state index in [4.69, 9.17) is 0 Å². The van der Waals surface area contributed by atoms with Crippen LogP contribution in [0, 0.1) is 0 Å². The van der Waals surface area contributed by atoms with E-state index in [0.717, 1.165) is 45.2 Å². The van der Waals surface area contributed by atoms with E-state index in [0.29, 0.717) is 0 Å². The summed E-state index contributed by atoms with van der Waals surface area (Å²) in [4.78, 5) is 2.31. The van der Waals surface area contributed by atoms with Crippen LogP contribution >= 0.6 is 0 Å². The van der Waals surface area contributed by atoms with Crippen LogP contribution in [0.1, 0.15) is 39.0 Å². The molecule has 0 aromatic carbocycles. The van der Waals surface area contributed by atoms with Crippen LogP contribution in [0.5, 0.6) is 0 Å². The predicted octanol–water partition coefficient (Wildman–Crippen LogP) is 1.63. The molecule has 0 amide bonds. The topological polar surface area (TPSA) is 23.5 Å². The van der Waals surface area contributed by atoms with Gasteiger partial charge in [-0.15, -0.1) is 0 Å². The van der Waals surface area contributed by atoms with E-state index in [1.807, 2.05) is 0 Å². The number of nitrogens with zero attached hydrogens (tertiary/aromatic N) is 1. The van der Waals surface area contributed by atoms with Crippen LogP contribution in [0.4, 0.5) is 0 Å². The molecule has 0 aromatic rings. The van der Waals surface area contributed by atoms with E-state index < -0.39 is 0 Å². The number of hydrogen-bond acceptors (Lipinski definition) is 2. The summed E-state index contributed by atoms with van der Waals surface area (Å²) in [6, 6.07) is 0. The van der Waals surface area contributed by atoms with Crippen molar-refractivity contribution in [2.45, 2.75) is 44.6 Å². The largest absolute Gasteiger partial charge is 0.390 e. The summed E-state index contributed by atoms with van der Waals surface area (Å²) in [5, 5.41) is 10.1. The Morgan fingerprint density at radius 1 is 1.33 bits per heavy atom. The van der Waals surface area contributed by atoms with Crippen molar-refractivity contribution in [3.63, 3.8) is 0 Å². The van der Waals surface area contributed by atoms with Gasteiger partial charge in [-0.1, -0.05) is 13.3 Å². The SMILES string of the molecule is CCCC1(O)CCCN(C)CC1. The van der Waals surface area contributed by atoms with Gasteiger partial charge in [-0.3, -0.25) is 0 Å². The fourth-order valence-electron chi connectivity index (χ4n) is 2.03. The molecule has 1 aliphatic heterocycles. The Morgan fingerprint density at radius 2 is 2.08 bits per heavy atom. The van der Waals surface area contributed by atoms with Crippen molar-refractivity contribution in [2.75, 3.05) is 20.1 Å². The normalized spacial score (nSPS) is 33.2. The predicted molar refractivity (Wildman–Crippen MR) is 51.2 cm³/mol. The summed E-state index contributed by atoms with van der Waals surface area (Å²) in [7, 11) is 2.14. The fourth-order valence-corrected chi connectivity index (χ4v) is 2.03. The average molecular weight is 171 g/mol. The van der Waals surface area contributed by atoms with E-state index in [2.05, 4.69) is 18.9 Å². The third kappa shape index (κ3) is 2.76. The van der Waals surface area contributed by atoms with Crippen LogP contribution in [0.25, 0.3) is 0 Å². The smallest absolute Gasteiger partial charge is 0.0660 e. The molecule has 0 spiro atoms. The van der Waals surface area contributed by atoms with Crippen molar-refractivity contribution in [3.05, 3.63) is 0 Å². The van der Waals surface area contributed by atoms with Crippen molar-refractivity contribution in [2.24, 2.45) is 0 Å². The standard InChI is InChI=1S/C10H21NO/c1-3-5-10(12)6-4-8-11(2)9-7-10/h12H,3-9H2,1-2H3. The van der Waals surface area contributed by atoms with E-state index in [1.54, 1.807) is 0 Å². The molecule has 72 valence electrons. The molecule has 1 atom stereocenters. The Balaban J connectivity index is 2.43. The van der Waals surface area contributed by atoms with Gasteiger partial charge in [0.05, 0.1) is 5.60 Å². The summed E-state index contributed by atoms with van der Waals surface area (Å²) >= 11 is 0. The van der Waals surface area contributed by atoms with Gasteiger partial charge >= 0.3 is 0 Å². The molecule has 0 saturated carbocycles. The molecule has 1 unspecified atom stereocenters. The molecule has 1 heterocycles. The van der Waals surface area contributed by atoms with Gasteiger partial charge in [0.25, 0.3) is 0 Å². The van der Waals surface area contributed by atoms with E-state index in [-0.39, 0.29) is 5.60 Å². The minimum Gasteiger partial charge on any atom is -0.390 e. The number of likely N-dealkylation sites (tertiary alicyclic amines) is 1. The average Bonchev–Trinajstić information content (AvgIpc) is 2.15. The molecule has 1 fully saturated rings. The van der Waals surface area contributed by atoms with Gasteiger partial charge < -0.3 is 10.0 Å². The molecular weight excluding hydrogens is 150 g/mol. The third-order valence-corrected chi connectivity index (χ3v) is 2.86. The zero-order valence-electron chi connectivity index (χ0n) is 8.34. The molecule has 2 heteroatoms. The van der Waals surface area contributed by atoms with Gasteiger partial charge in [0.1, 0.15) is 0 Å². The van der Waals surface area contributed by atoms with Crippen molar-refractivity contribution in [3.8, 4) is 0 Å². The molecule has 1 N–H and O–H groups in total. The maximum atomic E-state index is 10.1. The maximum Gasteiger partial charge on any atom is 0.0660 e. The van der Waals surface area contributed by atoms with Gasteiger partial charge in [0.15, 0.2) is 0 Å². The van der Waals surface area contributed by atoms with E-state index in [1.165, 1.54) is 0 Å². The van der Waals surface area contributed by atoms with Crippen LogP contribution in [0.15, 0.2) is 0 Å². The summed E-state index contributed by atoms with van der Waals surface area (Å²) in [6.45, 7) is 4.34. The Kier molecular flexibility index (Phi) is 3.53. The molecule has 0 radical (unpaired) electrons. The summed E-state index contributed by atoms with van der Waals surface area (Å²) in [5.41, 5.74) is -0.348. The molecular formula is C10H21NO. The second kappa shape index (κ2) is 4.24. The lowest BCUT2D eigenvalue weighted by Crippen LogP contribution is -2.29. The first-order chi connectivity index (χ1) is 5.66. The van der Waals surface area contributed by atoms with E-state index in [9.17, 15) is 5.11 Å². The lowest BCUT2D eigenvalue weighted by molar-refractivity contribution is 0.0169. The lowest BCUT2D eigenvalue weighted by Gasteiger charge is -2.25. The van der Waals surface area contributed by atoms with Crippen LogP contribution in [0.3, 0.4) is 0 Å². The Labute approximate surface area is 75.6 Å². The molecule has 1 rings (SSSR count). The molecule has 2 nitrogen and oxygen atoms in total. The Hall–Kier alpha value is -0.0800.